The molecular formula is C14H27N. The Balaban J connectivity index is 1.74. The van der Waals surface area contributed by atoms with Gasteiger partial charge < -0.3 is 5.32 Å². The van der Waals surface area contributed by atoms with Crippen molar-refractivity contribution in [3.8, 4) is 0 Å². The molecule has 2 rings (SSSR count). The van der Waals surface area contributed by atoms with Gasteiger partial charge in [-0.2, -0.15) is 0 Å². The van der Waals surface area contributed by atoms with Crippen molar-refractivity contribution in [2.24, 2.45) is 23.2 Å². The Hall–Kier alpha value is -0.0400. The van der Waals surface area contributed by atoms with Gasteiger partial charge in [0.1, 0.15) is 0 Å². The summed E-state index contributed by atoms with van der Waals surface area (Å²) in [4.78, 5) is 0. The van der Waals surface area contributed by atoms with Crippen molar-refractivity contribution in [1.29, 1.82) is 0 Å². The quantitative estimate of drug-likeness (QED) is 0.750. The first kappa shape index (κ1) is 11.4. The molecule has 15 heavy (non-hydrogen) atoms. The Morgan fingerprint density at radius 2 is 1.87 bits per heavy atom. The van der Waals surface area contributed by atoms with Crippen LogP contribution in [0.25, 0.3) is 0 Å². The Bertz CT molecular complexity index is 221. The van der Waals surface area contributed by atoms with E-state index in [1.165, 1.54) is 32.2 Å². The zero-order chi connectivity index (χ0) is 11.1. The van der Waals surface area contributed by atoms with Crippen molar-refractivity contribution in [3.05, 3.63) is 0 Å². The fourth-order valence-corrected chi connectivity index (χ4v) is 3.09. The minimum atomic E-state index is 0.635. The van der Waals surface area contributed by atoms with E-state index in [0.717, 1.165) is 23.8 Å². The highest BCUT2D eigenvalue weighted by molar-refractivity contribution is 4.97. The summed E-state index contributed by atoms with van der Waals surface area (Å²) in [7, 11) is 0. The van der Waals surface area contributed by atoms with E-state index in [1.807, 2.05) is 0 Å². The van der Waals surface area contributed by atoms with E-state index < -0.39 is 0 Å². The Morgan fingerprint density at radius 1 is 1.20 bits per heavy atom. The molecule has 1 N–H and O–H groups in total. The van der Waals surface area contributed by atoms with Crippen LogP contribution in [0, 0.1) is 23.2 Å². The third-order valence-corrected chi connectivity index (χ3v) is 5.05. The molecule has 0 aromatic heterocycles. The van der Waals surface area contributed by atoms with Crippen LogP contribution in [0.2, 0.25) is 0 Å². The van der Waals surface area contributed by atoms with Gasteiger partial charge in [0.15, 0.2) is 0 Å². The van der Waals surface area contributed by atoms with E-state index >= 15 is 0 Å². The molecule has 0 aliphatic heterocycles. The van der Waals surface area contributed by atoms with E-state index in [0.29, 0.717) is 5.41 Å². The molecule has 2 saturated carbocycles. The fraction of sp³-hybridized carbons (Fsp3) is 1.00. The summed E-state index contributed by atoms with van der Waals surface area (Å²) in [5, 5.41) is 3.82. The van der Waals surface area contributed by atoms with Crippen LogP contribution in [0.3, 0.4) is 0 Å². The smallest absolute Gasteiger partial charge is 0.00953 e. The maximum absolute atomic E-state index is 3.82. The Kier molecular flexibility index (Phi) is 3.12. The van der Waals surface area contributed by atoms with Crippen LogP contribution in [-0.4, -0.2) is 12.6 Å². The molecule has 0 amide bonds. The highest BCUT2D eigenvalue weighted by Gasteiger charge is 2.45. The van der Waals surface area contributed by atoms with Crippen LogP contribution in [0.5, 0.6) is 0 Å². The second-order valence-corrected chi connectivity index (χ2v) is 6.67. The monoisotopic (exact) mass is 209 g/mol. The lowest BCUT2D eigenvalue weighted by atomic mass is 9.78. The molecule has 2 aliphatic rings. The van der Waals surface area contributed by atoms with Crippen LogP contribution in [0.1, 0.15) is 53.4 Å². The average molecular weight is 209 g/mol. The van der Waals surface area contributed by atoms with Crippen molar-refractivity contribution in [3.63, 3.8) is 0 Å². The minimum Gasteiger partial charge on any atom is -0.313 e. The largest absolute Gasteiger partial charge is 0.313 e. The summed E-state index contributed by atoms with van der Waals surface area (Å²) in [5.74, 6) is 2.74. The van der Waals surface area contributed by atoms with Crippen LogP contribution < -0.4 is 5.32 Å². The summed E-state index contributed by atoms with van der Waals surface area (Å²) in [6.45, 7) is 10.9. The van der Waals surface area contributed by atoms with E-state index in [-0.39, 0.29) is 0 Å². The SMILES string of the molecule is CC1CCCC(NCC2CC2(C)C)C1C. The zero-order valence-electron chi connectivity index (χ0n) is 10.8. The van der Waals surface area contributed by atoms with Crippen molar-refractivity contribution in [2.75, 3.05) is 6.54 Å². The minimum absolute atomic E-state index is 0.635. The van der Waals surface area contributed by atoms with Gasteiger partial charge >= 0.3 is 0 Å². The maximum atomic E-state index is 3.82. The molecule has 0 aromatic rings. The van der Waals surface area contributed by atoms with Crippen molar-refractivity contribution < 1.29 is 0 Å². The highest BCUT2D eigenvalue weighted by Crippen LogP contribution is 2.51. The van der Waals surface area contributed by atoms with Gasteiger partial charge in [0.05, 0.1) is 0 Å². The van der Waals surface area contributed by atoms with Gasteiger partial charge in [-0.15, -0.1) is 0 Å². The highest BCUT2D eigenvalue weighted by atomic mass is 14.9. The van der Waals surface area contributed by atoms with Gasteiger partial charge in [-0.3, -0.25) is 0 Å². The van der Waals surface area contributed by atoms with Crippen LogP contribution in [-0.2, 0) is 0 Å². The maximum Gasteiger partial charge on any atom is 0.00953 e. The number of hydrogen-bond acceptors (Lipinski definition) is 1. The van der Waals surface area contributed by atoms with Crippen molar-refractivity contribution in [1.82, 2.24) is 5.32 Å². The molecule has 2 aliphatic carbocycles. The van der Waals surface area contributed by atoms with Gasteiger partial charge in [-0.05, 0) is 42.6 Å². The Labute approximate surface area is 95.0 Å². The molecule has 1 heteroatoms. The molecule has 4 unspecified atom stereocenters. The summed E-state index contributed by atoms with van der Waals surface area (Å²) in [6, 6.07) is 0.796. The molecule has 0 heterocycles. The molecular weight excluding hydrogens is 182 g/mol. The summed E-state index contributed by atoms with van der Waals surface area (Å²) < 4.78 is 0. The average Bonchev–Trinajstić information content (AvgIpc) is 2.77. The molecule has 0 saturated heterocycles. The van der Waals surface area contributed by atoms with E-state index in [4.69, 9.17) is 0 Å². The predicted octanol–water partition coefficient (Wildman–Crippen LogP) is 3.45. The van der Waals surface area contributed by atoms with Crippen molar-refractivity contribution in [2.45, 2.75) is 59.4 Å². The van der Waals surface area contributed by atoms with E-state index in [1.54, 1.807) is 0 Å². The first-order chi connectivity index (χ1) is 7.00. The molecule has 0 spiro atoms. The second-order valence-electron chi connectivity index (χ2n) is 6.67. The number of rotatable bonds is 3. The molecule has 88 valence electrons. The first-order valence-electron chi connectivity index (χ1n) is 6.74. The molecule has 0 radical (unpaired) electrons. The lowest BCUT2D eigenvalue weighted by Crippen LogP contribution is -2.41. The third kappa shape index (κ3) is 2.55. The van der Waals surface area contributed by atoms with Gasteiger partial charge in [-0.1, -0.05) is 40.5 Å². The summed E-state index contributed by atoms with van der Waals surface area (Å²) in [5.41, 5.74) is 0.635. The Morgan fingerprint density at radius 3 is 2.47 bits per heavy atom. The zero-order valence-corrected chi connectivity index (χ0v) is 10.8. The fourth-order valence-electron chi connectivity index (χ4n) is 3.09. The van der Waals surface area contributed by atoms with E-state index in [9.17, 15) is 0 Å². The second kappa shape index (κ2) is 4.08. The van der Waals surface area contributed by atoms with Crippen LogP contribution in [0.15, 0.2) is 0 Å². The van der Waals surface area contributed by atoms with Crippen molar-refractivity contribution >= 4 is 0 Å². The number of hydrogen-bond donors (Lipinski definition) is 1. The third-order valence-electron chi connectivity index (χ3n) is 5.05. The lowest BCUT2D eigenvalue weighted by Gasteiger charge is -2.35. The topological polar surface area (TPSA) is 12.0 Å². The standard InChI is InChI=1S/C14H27N/c1-10-6-5-7-13(11(10)2)15-9-12-8-14(12,3)4/h10-13,15H,5-9H2,1-4H3. The first-order valence-corrected chi connectivity index (χ1v) is 6.74. The summed E-state index contributed by atoms with van der Waals surface area (Å²) in [6.07, 6.45) is 5.70. The molecule has 2 fully saturated rings. The van der Waals surface area contributed by atoms with Gasteiger partial charge in [0.2, 0.25) is 0 Å². The van der Waals surface area contributed by atoms with E-state index in [2.05, 4.69) is 33.0 Å². The molecule has 4 atom stereocenters. The number of nitrogens with one attached hydrogen (secondary N) is 1. The van der Waals surface area contributed by atoms with Crippen LogP contribution in [0.4, 0.5) is 0 Å². The van der Waals surface area contributed by atoms with Gasteiger partial charge in [-0.25, -0.2) is 0 Å². The van der Waals surface area contributed by atoms with Gasteiger partial charge in [0, 0.05) is 6.04 Å². The molecule has 0 bridgehead atoms. The van der Waals surface area contributed by atoms with Crippen LogP contribution >= 0.6 is 0 Å². The predicted molar refractivity (Wildman–Crippen MR) is 65.9 cm³/mol. The normalized spacial score (nSPS) is 44.0. The summed E-state index contributed by atoms with van der Waals surface area (Å²) >= 11 is 0. The molecule has 0 aromatic carbocycles. The lowest BCUT2D eigenvalue weighted by molar-refractivity contribution is 0.204. The van der Waals surface area contributed by atoms with Gasteiger partial charge in [0.25, 0.3) is 0 Å². The molecule has 1 nitrogen and oxygen atoms in total.